The van der Waals surface area contributed by atoms with Crippen LogP contribution in [0.1, 0.15) is 24.2 Å². The Morgan fingerprint density at radius 1 is 1.43 bits per heavy atom. The van der Waals surface area contributed by atoms with Gasteiger partial charge in [0, 0.05) is 0 Å². The average molecular weight is 212 g/mol. The fourth-order valence-corrected chi connectivity index (χ4v) is 3.72. The summed E-state index contributed by atoms with van der Waals surface area (Å²) in [5.74, 6) is 0.173. The van der Waals surface area contributed by atoms with E-state index < -0.39 is 15.9 Å². The molecule has 0 saturated carbocycles. The predicted molar refractivity (Wildman–Crippen MR) is 52.8 cm³/mol. The molecule has 0 radical (unpaired) electrons. The highest BCUT2D eigenvalue weighted by Gasteiger charge is 2.29. The Bertz CT molecular complexity index is 460. The Balaban J connectivity index is 2.73. The van der Waals surface area contributed by atoms with Crippen molar-refractivity contribution in [3.8, 4) is 0 Å². The number of fused-ring (bicyclic) bond motifs is 1. The van der Waals surface area contributed by atoms with Crippen LogP contribution in [-0.4, -0.2) is 19.3 Å². The molecule has 0 aliphatic carbocycles. The maximum Gasteiger partial charge on any atom is 0.179 e. The van der Waals surface area contributed by atoms with Crippen LogP contribution in [0.25, 0.3) is 0 Å². The maximum atomic E-state index is 11.7. The molecule has 1 atom stereocenters. The Labute approximate surface area is 83.3 Å². The molecule has 0 amide bonds. The topological polar surface area (TPSA) is 54.4 Å². The van der Waals surface area contributed by atoms with E-state index in [0.29, 0.717) is 16.9 Å². The minimum absolute atomic E-state index is 0.173. The van der Waals surface area contributed by atoms with E-state index in [1.165, 1.54) is 0 Å². The Morgan fingerprint density at radius 3 is 2.79 bits per heavy atom. The summed E-state index contributed by atoms with van der Waals surface area (Å²) in [7, 11) is -3.14. The van der Waals surface area contributed by atoms with E-state index in [1.54, 1.807) is 19.1 Å². The summed E-state index contributed by atoms with van der Waals surface area (Å²) in [5, 5.41) is 9.46. The molecule has 1 heterocycles. The summed E-state index contributed by atoms with van der Waals surface area (Å²) < 4.78 is 23.3. The predicted octanol–water partition coefficient (Wildman–Crippen LogP) is 1.07. The number of aliphatic hydroxyl groups excluding tert-OH is 1. The Hall–Kier alpha value is -0.870. The maximum absolute atomic E-state index is 11.7. The molecule has 76 valence electrons. The van der Waals surface area contributed by atoms with Gasteiger partial charge in [0.25, 0.3) is 0 Å². The third-order valence-electron chi connectivity index (χ3n) is 2.53. The smallest absolute Gasteiger partial charge is 0.179 e. The van der Waals surface area contributed by atoms with Gasteiger partial charge in [-0.15, -0.1) is 0 Å². The molecule has 0 aromatic heterocycles. The summed E-state index contributed by atoms with van der Waals surface area (Å²) in [5.41, 5.74) is 1.36. The molecular weight excluding hydrogens is 200 g/mol. The number of aliphatic hydroxyl groups is 1. The van der Waals surface area contributed by atoms with Crippen molar-refractivity contribution < 1.29 is 13.5 Å². The van der Waals surface area contributed by atoms with E-state index in [2.05, 4.69) is 0 Å². The molecule has 0 saturated heterocycles. The first-order valence-electron chi connectivity index (χ1n) is 4.55. The second-order valence-electron chi connectivity index (χ2n) is 3.58. The molecule has 14 heavy (non-hydrogen) atoms. The van der Waals surface area contributed by atoms with Gasteiger partial charge in [0.1, 0.15) is 0 Å². The molecule has 2 rings (SSSR count). The van der Waals surface area contributed by atoms with Crippen LogP contribution in [0.5, 0.6) is 0 Å². The van der Waals surface area contributed by atoms with Gasteiger partial charge < -0.3 is 5.11 Å². The van der Waals surface area contributed by atoms with Crippen molar-refractivity contribution in [2.75, 3.05) is 5.75 Å². The molecule has 0 spiro atoms. The number of sulfone groups is 1. The van der Waals surface area contributed by atoms with Crippen molar-refractivity contribution in [1.82, 2.24) is 0 Å². The van der Waals surface area contributed by atoms with Gasteiger partial charge in [-0.25, -0.2) is 8.42 Å². The fourth-order valence-electron chi connectivity index (χ4n) is 1.86. The van der Waals surface area contributed by atoms with E-state index >= 15 is 0 Å². The molecule has 1 N–H and O–H groups in total. The van der Waals surface area contributed by atoms with Gasteiger partial charge in [-0.3, -0.25) is 0 Å². The third kappa shape index (κ3) is 1.35. The van der Waals surface area contributed by atoms with Crippen LogP contribution < -0.4 is 0 Å². The summed E-state index contributed by atoms with van der Waals surface area (Å²) in [6.07, 6.45) is -0.157. The number of hydrogen-bond donors (Lipinski definition) is 1. The zero-order chi connectivity index (χ0) is 10.3. The summed E-state index contributed by atoms with van der Waals surface area (Å²) in [6, 6.07) is 5.28. The van der Waals surface area contributed by atoms with Crippen LogP contribution in [0.4, 0.5) is 0 Å². The van der Waals surface area contributed by atoms with E-state index in [-0.39, 0.29) is 5.75 Å². The zero-order valence-corrected chi connectivity index (χ0v) is 8.71. The lowest BCUT2D eigenvalue weighted by atomic mass is 10.1. The van der Waals surface area contributed by atoms with Gasteiger partial charge in [-0.05, 0) is 24.5 Å². The van der Waals surface area contributed by atoms with Crippen LogP contribution in [0.3, 0.4) is 0 Å². The average Bonchev–Trinajstić information content (AvgIpc) is 2.43. The molecule has 1 aromatic rings. The minimum Gasteiger partial charge on any atom is -0.389 e. The highest BCUT2D eigenvalue weighted by atomic mass is 32.2. The normalized spacial score (nSPS) is 20.4. The van der Waals surface area contributed by atoms with Crippen LogP contribution in [0.15, 0.2) is 23.1 Å². The van der Waals surface area contributed by atoms with Crippen molar-refractivity contribution in [2.24, 2.45) is 0 Å². The SMILES string of the molecule is CC(O)c1cccc2c1S(=O)(=O)CC2. The lowest BCUT2D eigenvalue weighted by Gasteiger charge is -2.09. The van der Waals surface area contributed by atoms with E-state index in [1.807, 2.05) is 6.07 Å². The van der Waals surface area contributed by atoms with Crippen molar-refractivity contribution in [3.05, 3.63) is 29.3 Å². The minimum atomic E-state index is -3.14. The Kier molecular flexibility index (Phi) is 2.12. The van der Waals surface area contributed by atoms with Gasteiger partial charge in [0.2, 0.25) is 0 Å². The summed E-state index contributed by atoms with van der Waals surface area (Å²) in [4.78, 5) is 0.356. The van der Waals surface area contributed by atoms with Crippen molar-refractivity contribution in [2.45, 2.75) is 24.3 Å². The zero-order valence-electron chi connectivity index (χ0n) is 7.90. The van der Waals surface area contributed by atoms with Crippen LogP contribution >= 0.6 is 0 Å². The molecule has 3 nitrogen and oxygen atoms in total. The van der Waals surface area contributed by atoms with E-state index in [4.69, 9.17) is 0 Å². The number of benzene rings is 1. The van der Waals surface area contributed by atoms with Crippen LogP contribution in [-0.2, 0) is 16.3 Å². The molecule has 1 aliphatic rings. The van der Waals surface area contributed by atoms with Crippen molar-refractivity contribution >= 4 is 9.84 Å². The summed E-state index contributed by atoms with van der Waals surface area (Å²) >= 11 is 0. The van der Waals surface area contributed by atoms with Gasteiger partial charge in [0.05, 0.1) is 16.8 Å². The quantitative estimate of drug-likeness (QED) is 0.757. The first-order valence-corrected chi connectivity index (χ1v) is 6.20. The van der Waals surface area contributed by atoms with E-state index in [9.17, 15) is 13.5 Å². The number of rotatable bonds is 1. The van der Waals surface area contributed by atoms with Gasteiger partial charge in [0.15, 0.2) is 9.84 Å². The molecular formula is C10H12O3S. The first-order chi connectivity index (χ1) is 6.52. The second-order valence-corrected chi connectivity index (χ2v) is 5.63. The third-order valence-corrected chi connectivity index (χ3v) is 4.39. The number of aryl methyl sites for hydroxylation is 1. The number of hydrogen-bond acceptors (Lipinski definition) is 3. The monoisotopic (exact) mass is 212 g/mol. The molecule has 1 aliphatic heterocycles. The van der Waals surface area contributed by atoms with E-state index in [0.717, 1.165) is 5.56 Å². The highest BCUT2D eigenvalue weighted by molar-refractivity contribution is 7.91. The van der Waals surface area contributed by atoms with Gasteiger partial charge in [-0.2, -0.15) is 0 Å². The largest absolute Gasteiger partial charge is 0.389 e. The standard InChI is InChI=1S/C10H12O3S/c1-7(11)9-4-2-3-8-5-6-14(12,13)10(8)9/h2-4,7,11H,5-6H2,1H3. The fraction of sp³-hybridized carbons (Fsp3) is 0.400. The van der Waals surface area contributed by atoms with Crippen molar-refractivity contribution in [3.63, 3.8) is 0 Å². The lowest BCUT2D eigenvalue weighted by molar-refractivity contribution is 0.196. The molecule has 4 heteroatoms. The Morgan fingerprint density at radius 2 is 2.14 bits per heavy atom. The molecule has 0 fully saturated rings. The summed E-state index contributed by atoms with van der Waals surface area (Å²) in [6.45, 7) is 1.59. The second kappa shape index (κ2) is 3.07. The first kappa shape index (κ1) is 9.68. The highest BCUT2D eigenvalue weighted by Crippen LogP contribution is 2.32. The molecule has 1 unspecified atom stereocenters. The molecule has 1 aromatic carbocycles. The van der Waals surface area contributed by atoms with Crippen LogP contribution in [0.2, 0.25) is 0 Å². The molecule has 0 bridgehead atoms. The van der Waals surface area contributed by atoms with Gasteiger partial charge in [-0.1, -0.05) is 18.2 Å². The van der Waals surface area contributed by atoms with Crippen molar-refractivity contribution in [1.29, 1.82) is 0 Å². The van der Waals surface area contributed by atoms with Crippen LogP contribution in [0, 0.1) is 0 Å². The van der Waals surface area contributed by atoms with Gasteiger partial charge >= 0.3 is 0 Å². The lowest BCUT2D eigenvalue weighted by Crippen LogP contribution is -2.04.